The number of ether oxygens (including phenoxy) is 1. The molecule has 1 fully saturated rings. The van der Waals surface area contributed by atoms with Crippen LogP contribution in [0.2, 0.25) is 0 Å². The molecule has 0 spiro atoms. The Morgan fingerprint density at radius 2 is 2.50 bits per heavy atom. The van der Waals surface area contributed by atoms with Crippen LogP contribution in [0.25, 0.3) is 0 Å². The van der Waals surface area contributed by atoms with Crippen LogP contribution >= 0.6 is 11.3 Å². The Kier molecular flexibility index (Phi) is 5.86. The first kappa shape index (κ1) is 15.3. The fraction of sp³-hybridized carbons (Fsp3) is 0.667. The van der Waals surface area contributed by atoms with Gasteiger partial charge in [-0.2, -0.15) is 0 Å². The number of carbonyl (C=O) groups is 1. The van der Waals surface area contributed by atoms with Crippen molar-refractivity contribution in [3.8, 4) is 0 Å². The Morgan fingerprint density at radius 3 is 3.20 bits per heavy atom. The van der Waals surface area contributed by atoms with Gasteiger partial charge in [0.15, 0.2) is 0 Å². The van der Waals surface area contributed by atoms with Crippen LogP contribution < -0.4 is 5.32 Å². The van der Waals surface area contributed by atoms with E-state index in [9.17, 15) is 4.79 Å². The zero-order chi connectivity index (χ0) is 14.4. The summed E-state index contributed by atoms with van der Waals surface area (Å²) in [6.45, 7) is 7.01. The first-order valence-electron chi connectivity index (χ1n) is 7.35. The topological polar surface area (TPSA) is 41.6 Å². The molecule has 0 radical (unpaired) electrons. The number of rotatable bonds is 5. The van der Waals surface area contributed by atoms with Crippen LogP contribution in [0.15, 0.2) is 17.5 Å². The van der Waals surface area contributed by atoms with Crippen LogP contribution in [0.4, 0.5) is 4.79 Å². The summed E-state index contributed by atoms with van der Waals surface area (Å²) in [5, 5.41) is 5.16. The van der Waals surface area contributed by atoms with Gasteiger partial charge in [0, 0.05) is 18.0 Å². The van der Waals surface area contributed by atoms with Gasteiger partial charge in [-0.05, 0) is 30.2 Å². The highest BCUT2D eigenvalue weighted by molar-refractivity contribution is 7.09. The highest BCUT2D eigenvalue weighted by Crippen LogP contribution is 2.14. The third kappa shape index (κ3) is 4.21. The van der Waals surface area contributed by atoms with Crippen molar-refractivity contribution < 1.29 is 9.53 Å². The zero-order valence-corrected chi connectivity index (χ0v) is 13.1. The van der Waals surface area contributed by atoms with Crippen LogP contribution in [0.1, 0.15) is 25.1 Å². The summed E-state index contributed by atoms with van der Waals surface area (Å²) in [5.41, 5.74) is 0. The molecule has 2 heterocycles. The summed E-state index contributed by atoms with van der Waals surface area (Å²) in [7, 11) is 0. The predicted molar refractivity (Wildman–Crippen MR) is 82.2 cm³/mol. The monoisotopic (exact) mass is 296 g/mol. The molecule has 1 aromatic heterocycles. The minimum Gasteiger partial charge on any atom is -0.377 e. The van der Waals surface area contributed by atoms with Gasteiger partial charge >= 0.3 is 6.03 Å². The molecule has 1 aliphatic heterocycles. The van der Waals surface area contributed by atoms with Crippen molar-refractivity contribution in [3.63, 3.8) is 0 Å². The molecular weight excluding hydrogens is 272 g/mol. The van der Waals surface area contributed by atoms with Crippen molar-refractivity contribution in [2.45, 2.75) is 32.7 Å². The van der Waals surface area contributed by atoms with E-state index in [4.69, 9.17) is 4.74 Å². The molecule has 0 bridgehead atoms. The van der Waals surface area contributed by atoms with Crippen molar-refractivity contribution in [2.24, 2.45) is 5.92 Å². The third-order valence-electron chi connectivity index (χ3n) is 3.69. The lowest BCUT2D eigenvalue weighted by molar-refractivity contribution is 0.0112. The van der Waals surface area contributed by atoms with E-state index in [0.29, 0.717) is 25.7 Å². The summed E-state index contributed by atoms with van der Waals surface area (Å²) in [6.07, 6.45) is 1.97. The second-order valence-electron chi connectivity index (χ2n) is 5.41. The number of nitrogens with one attached hydrogen (secondary N) is 1. The molecule has 112 valence electrons. The first-order valence-corrected chi connectivity index (χ1v) is 8.23. The zero-order valence-electron chi connectivity index (χ0n) is 12.3. The van der Waals surface area contributed by atoms with Crippen LogP contribution in [-0.2, 0) is 11.2 Å². The maximum atomic E-state index is 12.2. The lowest BCUT2D eigenvalue weighted by Crippen LogP contribution is -2.52. The lowest BCUT2D eigenvalue weighted by atomic mass is 10.1. The molecule has 2 atom stereocenters. The average molecular weight is 296 g/mol. The molecule has 0 aromatic carbocycles. The SMILES string of the molecule is CC[C@@H]1COCCN1C(=O)NC[C@@H](C)Cc1cccs1. The van der Waals surface area contributed by atoms with E-state index < -0.39 is 0 Å². The third-order valence-corrected chi connectivity index (χ3v) is 4.59. The van der Waals surface area contributed by atoms with Crippen molar-refractivity contribution in [1.29, 1.82) is 0 Å². The molecule has 20 heavy (non-hydrogen) atoms. The highest BCUT2D eigenvalue weighted by atomic mass is 32.1. The van der Waals surface area contributed by atoms with E-state index in [-0.39, 0.29) is 12.1 Å². The van der Waals surface area contributed by atoms with Crippen molar-refractivity contribution in [3.05, 3.63) is 22.4 Å². The average Bonchev–Trinajstić information content (AvgIpc) is 2.97. The van der Waals surface area contributed by atoms with Crippen LogP contribution in [0, 0.1) is 5.92 Å². The van der Waals surface area contributed by atoms with Crippen LogP contribution in [0.5, 0.6) is 0 Å². The molecule has 1 N–H and O–H groups in total. The van der Waals surface area contributed by atoms with E-state index in [1.807, 2.05) is 4.90 Å². The predicted octanol–water partition coefficient (Wildman–Crippen LogP) is 2.75. The summed E-state index contributed by atoms with van der Waals surface area (Å²) in [5.74, 6) is 0.457. The minimum atomic E-state index is 0.0539. The highest BCUT2D eigenvalue weighted by Gasteiger charge is 2.25. The molecular formula is C15H24N2O2S. The normalized spacial score (nSPS) is 20.7. The number of carbonyl (C=O) groups excluding carboxylic acids is 1. The van der Waals surface area contributed by atoms with Gasteiger partial charge in [-0.3, -0.25) is 0 Å². The number of urea groups is 1. The number of hydrogen-bond donors (Lipinski definition) is 1. The smallest absolute Gasteiger partial charge is 0.317 e. The Balaban J connectivity index is 1.76. The second kappa shape index (κ2) is 7.64. The van der Waals surface area contributed by atoms with Crippen LogP contribution in [-0.4, -0.2) is 43.3 Å². The van der Waals surface area contributed by atoms with Gasteiger partial charge in [0.25, 0.3) is 0 Å². The summed E-state index contributed by atoms with van der Waals surface area (Å²) >= 11 is 1.78. The van der Waals surface area contributed by atoms with Gasteiger partial charge in [0.1, 0.15) is 0 Å². The fourth-order valence-corrected chi connectivity index (χ4v) is 3.34. The number of hydrogen-bond acceptors (Lipinski definition) is 3. The number of thiophene rings is 1. The summed E-state index contributed by atoms with van der Waals surface area (Å²) in [4.78, 5) is 15.5. The second-order valence-corrected chi connectivity index (χ2v) is 6.44. The maximum absolute atomic E-state index is 12.2. The first-order chi connectivity index (χ1) is 9.70. The molecule has 2 amide bonds. The van der Waals surface area contributed by atoms with Crippen molar-refractivity contribution in [2.75, 3.05) is 26.3 Å². The molecule has 0 aliphatic carbocycles. The lowest BCUT2D eigenvalue weighted by Gasteiger charge is -2.35. The van der Waals surface area contributed by atoms with E-state index in [2.05, 4.69) is 36.7 Å². The van der Waals surface area contributed by atoms with Crippen LogP contribution in [0.3, 0.4) is 0 Å². The Hall–Kier alpha value is -1.07. The van der Waals surface area contributed by atoms with Gasteiger partial charge < -0.3 is 15.0 Å². The molecule has 5 heteroatoms. The molecule has 1 aliphatic rings. The number of amides is 2. The van der Waals surface area contributed by atoms with Gasteiger partial charge in [-0.25, -0.2) is 4.79 Å². The Morgan fingerprint density at radius 1 is 1.65 bits per heavy atom. The van der Waals surface area contributed by atoms with E-state index >= 15 is 0 Å². The van der Waals surface area contributed by atoms with E-state index in [0.717, 1.165) is 19.4 Å². The molecule has 4 nitrogen and oxygen atoms in total. The van der Waals surface area contributed by atoms with E-state index in [1.54, 1.807) is 11.3 Å². The van der Waals surface area contributed by atoms with Crippen molar-refractivity contribution >= 4 is 17.4 Å². The fourth-order valence-electron chi connectivity index (χ4n) is 2.47. The van der Waals surface area contributed by atoms with Crippen molar-refractivity contribution in [1.82, 2.24) is 10.2 Å². The van der Waals surface area contributed by atoms with Gasteiger partial charge in [0.05, 0.1) is 19.3 Å². The maximum Gasteiger partial charge on any atom is 0.317 e. The van der Waals surface area contributed by atoms with E-state index in [1.165, 1.54) is 4.88 Å². The summed E-state index contributed by atoms with van der Waals surface area (Å²) < 4.78 is 5.43. The molecule has 2 rings (SSSR count). The largest absolute Gasteiger partial charge is 0.377 e. The van der Waals surface area contributed by atoms with Gasteiger partial charge in [-0.1, -0.05) is 19.9 Å². The molecule has 0 unspecified atom stereocenters. The minimum absolute atomic E-state index is 0.0539. The summed E-state index contributed by atoms with van der Waals surface area (Å²) in [6, 6.07) is 4.50. The molecule has 1 aromatic rings. The number of nitrogens with zero attached hydrogens (tertiary/aromatic N) is 1. The number of morpholine rings is 1. The Labute approximate surface area is 125 Å². The Bertz CT molecular complexity index is 408. The molecule has 1 saturated heterocycles. The van der Waals surface area contributed by atoms with Gasteiger partial charge in [-0.15, -0.1) is 11.3 Å². The quantitative estimate of drug-likeness (QED) is 0.908. The van der Waals surface area contributed by atoms with Gasteiger partial charge in [0.2, 0.25) is 0 Å². The standard InChI is InChI=1S/C15H24N2O2S/c1-3-13-11-19-7-6-17(13)15(18)16-10-12(2)9-14-5-4-8-20-14/h4-5,8,12-13H,3,6-7,9-11H2,1-2H3,(H,16,18)/t12-,13+/m0/s1. The molecule has 0 saturated carbocycles.